The second-order valence-corrected chi connectivity index (χ2v) is 7.16. The summed E-state index contributed by atoms with van der Waals surface area (Å²) in [6.07, 6.45) is -4.46. The van der Waals surface area contributed by atoms with Crippen molar-refractivity contribution in [2.24, 2.45) is 5.92 Å². The quantitative estimate of drug-likeness (QED) is 0.622. The van der Waals surface area contributed by atoms with Crippen LogP contribution in [0, 0.1) is 5.92 Å². The summed E-state index contributed by atoms with van der Waals surface area (Å²) in [5, 5.41) is 9.05. The fourth-order valence-electron chi connectivity index (χ4n) is 4.17. The lowest BCUT2D eigenvalue weighted by atomic mass is 10.0. The molecule has 8 heteroatoms. The van der Waals surface area contributed by atoms with Gasteiger partial charge in [0, 0.05) is 23.9 Å². The van der Waals surface area contributed by atoms with Crippen molar-refractivity contribution in [3.8, 4) is 0 Å². The van der Waals surface area contributed by atoms with Crippen LogP contribution in [0.2, 0.25) is 0 Å². The van der Waals surface area contributed by atoms with Crippen molar-refractivity contribution >= 4 is 11.8 Å². The van der Waals surface area contributed by atoms with Crippen LogP contribution in [0.3, 0.4) is 0 Å². The van der Waals surface area contributed by atoms with Gasteiger partial charge in [0.05, 0.1) is 5.92 Å². The molecule has 0 bridgehead atoms. The summed E-state index contributed by atoms with van der Waals surface area (Å²) < 4.78 is 38.0. The number of alkyl halides is 3. The van der Waals surface area contributed by atoms with Crippen molar-refractivity contribution < 1.29 is 28.0 Å². The van der Waals surface area contributed by atoms with Gasteiger partial charge in [0.2, 0.25) is 5.91 Å². The van der Waals surface area contributed by atoms with Crippen LogP contribution in [-0.2, 0) is 11.3 Å². The topological polar surface area (TPSA) is 69.6 Å². The van der Waals surface area contributed by atoms with E-state index < -0.39 is 30.5 Å². The number of hydroxylamine groups is 1. The molecule has 1 heterocycles. The van der Waals surface area contributed by atoms with Crippen molar-refractivity contribution in [3.05, 3.63) is 70.8 Å². The van der Waals surface area contributed by atoms with Gasteiger partial charge in [-0.15, -0.1) is 0 Å². The normalized spacial score (nSPS) is 23.5. The Labute approximate surface area is 158 Å². The van der Waals surface area contributed by atoms with Gasteiger partial charge in [0.15, 0.2) is 0 Å². The number of fused-ring (bicyclic) bond motifs is 1. The molecule has 28 heavy (non-hydrogen) atoms. The minimum atomic E-state index is -4.46. The van der Waals surface area contributed by atoms with E-state index in [4.69, 9.17) is 5.21 Å². The number of hydrogen-bond donors (Lipinski definition) is 2. The summed E-state index contributed by atoms with van der Waals surface area (Å²) in [7, 11) is 0. The Morgan fingerprint density at radius 1 is 1.11 bits per heavy atom. The number of nitrogens with zero attached hydrogens (tertiary/aromatic N) is 1. The molecule has 0 saturated heterocycles. The molecule has 2 aromatic carbocycles. The molecule has 0 aromatic heterocycles. The minimum absolute atomic E-state index is 0.110. The molecule has 0 unspecified atom stereocenters. The zero-order valence-corrected chi connectivity index (χ0v) is 14.6. The summed E-state index contributed by atoms with van der Waals surface area (Å²) >= 11 is 0. The van der Waals surface area contributed by atoms with Crippen molar-refractivity contribution in [1.29, 1.82) is 0 Å². The SMILES string of the molecule is O=C(NO)[C@@H]1[C@H](c2ccccc2)[C@H]1c1ccc2c(c1)CN(CC(F)(F)F)C2=O. The van der Waals surface area contributed by atoms with Gasteiger partial charge in [0.25, 0.3) is 5.91 Å². The Bertz CT molecular complexity index is 930. The zero-order valence-electron chi connectivity index (χ0n) is 14.6. The number of benzene rings is 2. The first kappa shape index (κ1) is 18.5. The second kappa shape index (κ2) is 6.63. The summed E-state index contributed by atoms with van der Waals surface area (Å²) in [6.45, 7) is -1.40. The van der Waals surface area contributed by atoms with Gasteiger partial charge in [0.1, 0.15) is 6.54 Å². The Kier molecular flexibility index (Phi) is 4.38. The van der Waals surface area contributed by atoms with Crippen LogP contribution < -0.4 is 5.48 Å². The largest absolute Gasteiger partial charge is 0.406 e. The average molecular weight is 390 g/mol. The van der Waals surface area contributed by atoms with E-state index in [-0.39, 0.29) is 23.9 Å². The molecule has 1 fully saturated rings. The monoisotopic (exact) mass is 390 g/mol. The van der Waals surface area contributed by atoms with E-state index in [2.05, 4.69) is 0 Å². The standard InChI is InChI=1S/C20H17F3N2O3/c21-20(22,23)10-25-9-13-8-12(6-7-14(13)19(25)27)16-15(17(16)18(26)24-28)11-4-2-1-3-5-11/h1-8,15-17,28H,9-10H2,(H,24,26)/t15-,16-,17-/m1/s1. The van der Waals surface area contributed by atoms with Gasteiger partial charge >= 0.3 is 6.18 Å². The molecular formula is C20H17F3N2O3. The minimum Gasteiger partial charge on any atom is -0.325 e. The van der Waals surface area contributed by atoms with Crippen LogP contribution in [0.1, 0.15) is 38.9 Å². The molecule has 4 rings (SSSR count). The molecule has 0 radical (unpaired) electrons. The maximum atomic E-state index is 12.7. The highest BCUT2D eigenvalue weighted by Gasteiger charge is 2.56. The van der Waals surface area contributed by atoms with E-state index in [1.54, 1.807) is 17.6 Å². The highest BCUT2D eigenvalue weighted by Crippen LogP contribution is 2.60. The maximum Gasteiger partial charge on any atom is 0.406 e. The van der Waals surface area contributed by atoms with Gasteiger partial charge in [-0.2, -0.15) is 13.2 Å². The van der Waals surface area contributed by atoms with E-state index in [0.29, 0.717) is 5.56 Å². The molecule has 1 aliphatic carbocycles. The van der Waals surface area contributed by atoms with Crippen molar-refractivity contribution in [2.45, 2.75) is 24.6 Å². The van der Waals surface area contributed by atoms with E-state index in [9.17, 15) is 22.8 Å². The van der Waals surface area contributed by atoms with Crippen LogP contribution in [-0.4, -0.2) is 34.6 Å². The molecule has 1 saturated carbocycles. The number of nitrogens with one attached hydrogen (secondary N) is 1. The van der Waals surface area contributed by atoms with Crippen molar-refractivity contribution in [1.82, 2.24) is 10.4 Å². The third-order valence-electron chi connectivity index (χ3n) is 5.38. The maximum absolute atomic E-state index is 12.7. The zero-order chi connectivity index (χ0) is 20.1. The summed E-state index contributed by atoms with van der Waals surface area (Å²) in [6, 6.07) is 14.3. The Morgan fingerprint density at radius 3 is 2.43 bits per heavy atom. The molecule has 2 aliphatic rings. The summed E-state index contributed by atoms with van der Waals surface area (Å²) in [4.78, 5) is 25.1. The van der Waals surface area contributed by atoms with Crippen LogP contribution >= 0.6 is 0 Å². The van der Waals surface area contributed by atoms with Crippen LogP contribution in [0.15, 0.2) is 48.5 Å². The molecule has 2 amide bonds. The van der Waals surface area contributed by atoms with Gasteiger partial charge in [-0.1, -0.05) is 42.5 Å². The molecule has 146 valence electrons. The molecule has 1 aliphatic heterocycles. The third kappa shape index (κ3) is 3.24. The molecule has 0 spiro atoms. The lowest BCUT2D eigenvalue weighted by Gasteiger charge is -2.17. The Balaban J connectivity index is 1.62. The van der Waals surface area contributed by atoms with Gasteiger partial charge < -0.3 is 4.90 Å². The highest BCUT2D eigenvalue weighted by molar-refractivity contribution is 5.98. The van der Waals surface area contributed by atoms with Crippen LogP contribution in [0.5, 0.6) is 0 Å². The number of hydrogen-bond acceptors (Lipinski definition) is 3. The fourth-order valence-corrected chi connectivity index (χ4v) is 4.17. The molecule has 5 nitrogen and oxygen atoms in total. The number of amides is 2. The first-order valence-corrected chi connectivity index (χ1v) is 8.78. The van der Waals surface area contributed by atoms with Crippen molar-refractivity contribution in [2.75, 3.05) is 6.54 Å². The lowest BCUT2D eigenvalue weighted by molar-refractivity contribution is -0.141. The van der Waals surface area contributed by atoms with Gasteiger partial charge in [-0.3, -0.25) is 14.8 Å². The number of halogens is 3. The highest BCUT2D eigenvalue weighted by atomic mass is 19.4. The number of rotatable bonds is 4. The predicted octanol–water partition coefficient (Wildman–Crippen LogP) is 3.21. The second-order valence-electron chi connectivity index (χ2n) is 7.16. The summed E-state index contributed by atoms with van der Waals surface area (Å²) in [5.41, 5.74) is 4.18. The number of carbonyl (C=O) groups is 2. The molecular weight excluding hydrogens is 373 g/mol. The van der Waals surface area contributed by atoms with E-state index >= 15 is 0 Å². The van der Waals surface area contributed by atoms with Gasteiger partial charge in [-0.05, 0) is 22.8 Å². The lowest BCUT2D eigenvalue weighted by Crippen LogP contribution is -2.34. The molecule has 2 aromatic rings. The van der Waals surface area contributed by atoms with E-state index in [1.807, 2.05) is 30.3 Å². The Hall–Kier alpha value is -2.87. The smallest absolute Gasteiger partial charge is 0.325 e. The van der Waals surface area contributed by atoms with Gasteiger partial charge in [-0.25, -0.2) is 5.48 Å². The first-order valence-electron chi connectivity index (χ1n) is 8.78. The number of carbonyl (C=O) groups excluding carboxylic acids is 2. The molecule has 3 atom stereocenters. The predicted molar refractivity (Wildman–Crippen MR) is 92.6 cm³/mol. The first-order chi connectivity index (χ1) is 13.3. The Morgan fingerprint density at radius 2 is 1.79 bits per heavy atom. The van der Waals surface area contributed by atoms with E-state index in [0.717, 1.165) is 16.0 Å². The fraction of sp³-hybridized carbons (Fsp3) is 0.300. The summed E-state index contributed by atoms with van der Waals surface area (Å²) in [5.74, 6) is -1.98. The van der Waals surface area contributed by atoms with Crippen LogP contribution in [0.25, 0.3) is 0 Å². The van der Waals surface area contributed by atoms with Crippen molar-refractivity contribution in [3.63, 3.8) is 0 Å². The molecule has 2 N–H and O–H groups in total. The third-order valence-corrected chi connectivity index (χ3v) is 5.38. The average Bonchev–Trinajstić information content (AvgIpc) is 3.34. The van der Waals surface area contributed by atoms with E-state index in [1.165, 1.54) is 6.07 Å². The van der Waals surface area contributed by atoms with Crippen LogP contribution in [0.4, 0.5) is 13.2 Å².